The van der Waals surface area contributed by atoms with Gasteiger partial charge < -0.3 is 4.90 Å². The fourth-order valence-corrected chi connectivity index (χ4v) is 3.16. The molecule has 0 bridgehead atoms. The third-order valence-corrected chi connectivity index (χ3v) is 4.69. The van der Waals surface area contributed by atoms with E-state index in [4.69, 9.17) is 5.26 Å². The minimum atomic E-state index is 0.582. The molecular weight excluding hydrogens is 282 g/mol. The number of hydrogen-bond acceptors (Lipinski definition) is 3. The van der Waals surface area contributed by atoms with Gasteiger partial charge in [0.1, 0.15) is 0 Å². The minimum absolute atomic E-state index is 0.582. The van der Waals surface area contributed by atoms with Gasteiger partial charge in [0, 0.05) is 37.9 Å². The molecule has 1 atom stereocenters. The van der Waals surface area contributed by atoms with Crippen molar-refractivity contribution < 1.29 is 0 Å². The normalized spacial score (nSPS) is 19.1. The number of nitrogens with zero attached hydrogens (tertiary/aromatic N) is 3. The zero-order chi connectivity index (χ0) is 16.1. The van der Waals surface area contributed by atoms with Gasteiger partial charge in [0.2, 0.25) is 0 Å². The predicted octanol–water partition coefficient (Wildman–Crippen LogP) is 3.66. The van der Waals surface area contributed by atoms with Crippen LogP contribution < -0.4 is 4.90 Å². The van der Waals surface area contributed by atoms with E-state index < -0.39 is 0 Å². The zero-order valence-corrected chi connectivity index (χ0v) is 13.7. The summed E-state index contributed by atoms with van der Waals surface area (Å²) in [6.07, 6.45) is 1.16. The van der Waals surface area contributed by atoms with Crippen molar-refractivity contribution in [2.24, 2.45) is 0 Å². The van der Waals surface area contributed by atoms with E-state index in [0.29, 0.717) is 6.04 Å². The molecule has 23 heavy (non-hydrogen) atoms. The van der Waals surface area contributed by atoms with Crippen LogP contribution in [0, 0.1) is 11.3 Å². The quantitative estimate of drug-likeness (QED) is 0.867. The van der Waals surface area contributed by atoms with E-state index in [1.807, 2.05) is 12.1 Å². The van der Waals surface area contributed by atoms with Crippen LogP contribution in [0.4, 0.5) is 5.69 Å². The lowest BCUT2D eigenvalue weighted by Crippen LogP contribution is -2.34. The Morgan fingerprint density at radius 3 is 2.43 bits per heavy atom. The van der Waals surface area contributed by atoms with Crippen molar-refractivity contribution in [3.63, 3.8) is 0 Å². The Hall–Kier alpha value is -2.31. The standard InChI is InChI=1S/C20H23N3/c1-17-11-12-22(20-9-7-18(15-21)8-10-20)13-14-23(17)16-19-5-3-2-4-6-19/h2-10,17H,11-14,16H2,1H3. The number of anilines is 1. The Morgan fingerprint density at radius 2 is 1.74 bits per heavy atom. The molecule has 1 saturated heterocycles. The summed E-state index contributed by atoms with van der Waals surface area (Å²) in [5.74, 6) is 0. The number of rotatable bonds is 3. The van der Waals surface area contributed by atoms with E-state index in [0.717, 1.165) is 38.2 Å². The van der Waals surface area contributed by atoms with Crippen molar-refractivity contribution >= 4 is 5.69 Å². The van der Waals surface area contributed by atoms with Crippen molar-refractivity contribution in [2.75, 3.05) is 24.5 Å². The van der Waals surface area contributed by atoms with E-state index in [9.17, 15) is 0 Å². The molecule has 3 heteroatoms. The topological polar surface area (TPSA) is 30.3 Å². The SMILES string of the molecule is CC1CCN(c2ccc(C#N)cc2)CCN1Cc1ccccc1. The van der Waals surface area contributed by atoms with Crippen LogP contribution in [-0.4, -0.2) is 30.6 Å². The average molecular weight is 305 g/mol. The van der Waals surface area contributed by atoms with E-state index in [2.05, 4.69) is 65.3 Å². The molecule has 3 rings (SSSR count). The molecule has 0 saturated carbocycles. The highest BCUT2D eigenvalue weighted by Gasteiger charge is 2.21. The highest BCUT2D eigenvalue weighted by Crippen LogP contribution is 2.20. The van der Waals surface area contributed by atoms with Gasteiger partial charge >= 0.3 is 0 Å². The Bertz CT molecular complexity index is 658. The van der Waals surface area contributed by atoms with E-state index in [1.54, 1.807) is 0 Å². The van der Waals surface area contributed by atoms with E-state index in [1.165, 1.54) is 11.3 Å². The van der Waals surface area contributed by atoms with E-state index in [-0.39, 0.29) is 0 Å². The summed E-state index contributed by atoms with van der Waals surface area (Å²) in [5, 5.41) is 8.92. The molecule has 0 radical (unpaired) electrons. The molecule has 0 aromatic heterocycles. The van der Waals surface area contributed by atoms with Gasteiger partial charge in [-0.2, -0.15) is 5.26 Å². The van der Waals surface area contributed by atoms with E-state index >= 15 is 0 Å². The van der Waals surface area contributed by atoms with Gasteiger partial charge in [0.15, 0.2) is 0 Å². The molecule has 118 valence electrons. The molecule has 1 heterocycles. The third-order valence-electron chi connectivity index (χ3n) is 4.69. The summed E-state index contributed by atoms with van der Waals surface area (Å²) >= 11 is 0. The second-order valence-electron chi connectivity index (χ2n) is 6.24. The molecule has 0 N–H and O–H groups in total. The van der Waals surface area contributed by atoms with Gasteiger partial charge in [-0.25, -0.2) is 0 Å². The molecule has 1 aliphatic rings. The second kappa shape index (κ2) is 7.30. The lowest BCUT2D eigenvalue weighted by atomic mass is 10.1. The molecule has 3 nitrogen and oxygen atoms in total. The van der Waals surface area contributed by atoms with Crippen LogP contribution in [0.2, 0.25) is 0 Å². The van der Waals surface area contributed by atoms with Gasteiger partial charge in [-0.3, -0.25) is 4.90 Å². The highest BCUT2D eigenvalue weighted by atomic mass is 15.2. The summed E-state index contributed by atoms with van der Waals surface area (Å²) in [7, 11) is 0. The van der Waals surface area contributed by atoms with Crippen molar-refractivity contribution in [3.8, 4) is 6.07 Å². The van der Waals surface area contributed by atoms with Crippen molar-refractivity contribution in [3.05, 3.63) is 65.7 Å². The zero-order valence-electron chi connectivity index (χ0n) is 13.7. The first-order valence-electron chi connectivity index (χ1n) is 8.29. The Balaban J connectivity index is 1.66. The maximum atomic E-state index is 8.92. The van der Waals surface area contributed by atoms with Crippen LogP contribution in [0.25, 0.3) is 0 Å². The smallest absolute Gasteiger partial charge is 0.0991 e. The summed E-state index contributed by atoms with van der Waals surface area (Å²) in [6.45, 7) is 6.51. The monoisotopic (exact) mass is 305 g/mol. The van der Waals surface area contributed by atoms with Crippen LogP contribution in [-0.2, 0) is 6.54 Å². The molecule has 0 amide bonds. The summed E-state index contributed by atoms with van der Waals surface area (Å²) in [5.41, 5.74) is 3.33. The van der Waals surface area contributed by atoms with Crippen molar-refractivity contribution in [1.82, 2.24) is 4.90 Å². The lowest BCUT2D eigenvalue weighted by molar-refractivity contribution is 0.212. The summed E-state index contributed by atoms with van der Waals surface area (Å²) in [6, 6.07) is 21.4. The van der Waals surface area contributed by atoms with Gasteiger partial charge in [-0.05, 0) is 43.2 Å². The van der Waals surface area contributed by atoms with Crippen LogP contribution in [0.3, 0.4) is 0 Å². The first-order chi connectivity index (χ1) is 11.3. The minimum Gasteiger partial charge on any atom is -0.370 e. The maximum absolute atomic E-state index is 8.92. The van der Waals surface area contributed by atoms with Crippen LogP contribution in [0.1, 0.15) is 24.5 Å². The number of hydrogen-bond donors (Lipinski definition) is 0. The lowest BCUT2D eigenvalue weighted by Gasteiger charge is -2.26. The van der Waals surface area contributed by atoms with Crippen molar-refractivity contribution in [2.45, 2.75) is 25.9 Å². The van der Waals surface area contributed by atoms with Crippen molar-refractivity contribution in [1.29, 1.82) is 5.26 Å². The molecule has 1 fully saturated rings. The number of benzene rings is 2. The Morgan fingerprint density at radius 1 is 1.00 bits per heavy atom. The maximum Gasteiger partial charge on any atom is 0.0991 e. The van der Waals surface area contributed by atoms with Gasteiger partial charge in [-0.15, -0.1) is 0 Å². The Kier molecular flexibility index (Phi) is 4.95. The van der Waals surface area contributed by atoms with Crippen LogP contribution >= 0.6 is 0 Å². The predicted molar refractivity (Wildman–Crippen MR) is 94.3 cm³/mol. The third kappa shape index (κ3) is 3.91. The molecular formula is C20H23N3. The summed E-state index contributed by atoms with van der Waals surface area (Å²) in [4.78, 5) is 5.00. The van der Waals surface area contributed by atoms with Gasteiger partial charge in [0.05, 0.1) is 11.6 Å². The fraction of sp³-hybridized carbons (Fsp3) is 0.350. The molecule has 2 aromatic rings. The molecule has 1 unspecified atom stereocenters. The molecule has 2 aromatic carbocycles. The largest absolute Gasteiger partial charge is 0.370 e. The van der Waals surface area contributed by atoms with Crippen LogP contribution in [0.15, 0.2) is 54.6 Å². The first kappa shape index (κ1) is 15.6. The number of nitriles is 1. The molecule has 0 aliphatic carbocycles. The molecule has 0 spiro atoms. The van der Waals surface area contributed by atoms with Gasteiger partial charge in [0.25, 0.3) is 0 Å². The highest BCUT2D eigenvalue weighted by molar-refractivity contribution is 5.49. The second-order valence-corrected chi connectivity index (χ2v) is 6.24. The van der Waals surface area contributed by atoms with Crippen LogP contribution in [0.5, 0.6) is 0 Å². The Labute approximate surface area is 138 Å². The van der Waals surface area contributed by atoms with Gasteiger partial charge in [-0.1, -0.05) is 30.3 Å². The fourth-order valence-electron chi connectivity index (χ4n) is 3.16. The first-order valence-corrected chi connectivity index (χ1v) is 8.29. The summed E-state index contributed by atoms with van der Waals surface area (Å²) < 4.78 is 0. The average Bonchev–Trinajstić information content (AvgIpc) is 2.78. The molecule has 1 aliphatic heterocycles.